The molecule has 2 N–H and O–H groups in total. The zero-order chi connectivity index (χ0) is 14.8. The molecule has 0 bridgehead atoms. The predicted octanol–water partition coefficient (Wildman–Crippen LogP) is 2.23. The van der Waals surface area contributed by atoms with Crippen LogP contribution < -0.4 is 10.0 Å². The van der Waals surface area contributed by atoms with Crippen LogP contribution in [0.3, 0.4) is 0 Å². The van der Waals surface area contributed by atoms with Crippen molar-refractivity contribution in [1.82, 2.24) is 9.71 Å². The second-order valence-electron chi connectivity index (χ2n) is 5.75. The molecule has 0 radical (unpaired) electrons. The Balaban J connectivity index is 2.14. The van der Waals surface area contributed by atoms with Gasteiger partial charge in [0.05, 0.1) is 4.90 Å². The van der Waals surface area contributed by atoms with Gasteiger partial charge in [-0.25, -0.2) is 18.1 Å². The fourth-order valence-electron chi connectivity index (χ4n) is 2.82. The van der Waals surface area contributed by atoms with Gasteiger partial charge in [-0.1, -0.05) is 13.8 Å². The maximum absolute atomic E-state index is 12.4. The van der Waals surface area contributed by atoms with E-state index in [1.54, 1.807) is 13.1 Å². The number of anilines is 1. The largest absolute Gasteiger partial charge is 0.373 e. The number of nitrogens with one attached hydrogen (secondary N) is 2. The van der Waals surface area contributed by atoms with Crippen LogP contribution in [0, 0.1) is 11.8 Å². The van der Waals surface area contributed by atoms with Crippen molar-refractivity contribution in [3.8, 4) is 0 Å². The summed E-state index contributed by atoms with van der Waals surface area (Å²) in [5.41, 5.74) is 0. The highest BCUT2D eigenvalue weighted by molar-refractivity contribution is 7.89. The number of nitrogens with zero attached hydrogens (tertiary/aromatic N) is 1. The third-order valence-corrected chi connectivity index (χ3v) is 5.52. The van der Waals surface area contributed by atoms with Gasteiger partial charge in [0.15, 0.2) is 0 Å². The van der Waals surface area contributed by atoms with Crippen molar-refractivity contribution in [3.63, 3.8) is 0 Å². The first kappa shape index (κ1) is 15.3. The summed E-state index contributed by atoms with van der Waals surface area (Å²) in [5.74, 6) is 1.61. The lowest BCUT2D eigenvalue weighted by molar-refractivity contribution is 0.249. The van der Waals surface area contributed by atoms with Gasteiger partial charge in [-0.05, 0) is 37.2 Å². The predicted molar refractivity (Wildman–Crippen MR) is 80.1 cm³/mol. The number of aromatic nitrogens is 1. The lowest BCUT2D eigenvalue weighted by atomic mass is 9.80. The van der Waals surface area contributed by atoms with Crippen LogP contribution >= 0.6 is 0 Å². The number of rotatable bonds is 4. The Bertz CT molecular complexity index is 559. The van der Waals surface area contributed by atoms with E-state index in [2.05, 4.69) is 28.9 Å². The highest BCUT2D eigenvalue weighted by atomic mass is 32.2. The van der Waals surface area contributed by atoms with E-state index in [1.807, 2.05) is 0 Å². The van der Waals surface area contributed by atoms with Crippen LogP contribution in [0.1, 0.15) is 33.1 Å². The number of sulfonamides is 1. The molecule has 6 heteroatoms. The van der Waals surface area contributed by atoms with Crippen molar-refractivity contribution < 1.29 is 8.42 Å². The Labute approximate surface area is 121 Å². The van der Waals surface area contributed by atoms with Gasteiger partial charge in [0, 0.05) is 25.4 Å². The third kappa shape index (κ3) is 3.49. The minimum Gasteiger partial charge on any atom is -0.373 e. The quantitative estimate of drug-likeness (QED) is 0.894. The van der Waals surface area contributed by atoms with Crippen molar-refractivity contribution in [3.05, 3.63) is 18.3 Å². The molecule has 1 heterocycles. The number of pyridine rings is 1. The van der Waals surface area contributed by atoms with E-state index in [9.17, 15) is 8.42 Å². The van der Waals surface area contributed by atoms with Crippen LogP contribution in [0.5, 0.6) is 0 Å². The average Bonchev–Trinajstić information content (AvgIpc) is 2.42. The normalized spacial score (nSPS) is 27.2. The summed E-state index contributed by atoms with van der Waals surface area (Å²) in [6.45, 7) is 4.34. The third-order valence-electron chi connectivity index (χ3n) is 4.04. The SMILES string of the molecule is CNc1cc(S(=O)(=O)NC2CCC(C)CC2C)ccn1. The Morgan fingerprint density at radius 2 is 2.05 bits per heavy atom. The summed E-state index contributed by atoms with van der Waals surface area (Å²) in [6, 6.07) is 3.11. The molecule has 0 spiro atoms. The van der Waals surface area contributed by atoms with Gasteiger partial charge >= 0.3 is 0 Å². The molecule has 3 atom stereocenters. The maximum atomic E-state index is 12.4. The van der Waals surface area contributed by atoms with Gasteiger partial charge < -0.3 is 5.32 Å². The molecule has 1 aliphatic rings. The van der Waals surface area contributed by atoms with Crippen LogP contribution in [0.25, 0.3) is 0 Å². The molecule has 1 saturated carbocycles. The number of hydrogen-bond acceptors (Lipinski definition) is 4. The fraction of sp³-hybridized carbons (Fsp3) is 0.643. The Morgan fingerprint density at radius 1 is 1.30 bits per heavy atom. The van der Waals surface area contributed by atoms with Gasteiger partial charge in [0.2, 0.25) is 10.0 Å². The van der Waals surface area contributed by atoms with Crippen LogP contribution in [-0.4, -0.2) is 26.5 Å². The van der Waals surface area contributed by atoms with E-state index in [-0.39, 0.29) is 10.9 Å². The molecule has 112 valence electrons. The van der Waals surface area contributed by atoms with Crippen molar-refractivity contribution in [2.45, 2.75) is 44.0 Å². The molecule has 20 heavy (non-hydrogen) atoms. The van der Waals surface area contributed by atoms with E-state index in [1.165, 1.54) is 12.3 Å². The minimum atomic E-state index is -3.47. The number of hydrogen-bond donors (Lipinski definition) is 2. The molecule has 1 fully saturated rings. The standard InChI is InChI=1S/C14H23N3O2S/c1-10-4-5-13(11(2)8-10)17-20(18,19)12-6-7-16-14(9-12)15-3/h6-7,9-11,13,17H,4-5,8H2,1-3H3,(H,15,16). The lowest BCUT2D eigenvalue weighted by Gasteiger charge is -2.32. The molecule has 0 saturated heterocycles. The van der Waals surface area contributed by atoms with Crippen molar-refractivity contribution in [2.75, 3.05) is 12.4 Å². The first-order chi connectivity index (χ1) is 9.42. The molecule has 0 aromatic carbocycles. The summed E-state index contributed by atoms with van der Waals surface area (Å²) < 4.78 is 27.7. The van der Waals surface area contributed by atoms with Gasteiger partial charge in [-0.3, -0.25) is 0 Å². The van der Waals surface area contributed by atoms with Gasteiger partial charge in [-0.15, -0.1) is 0 Å². The smallest absolute Gasteiger partial charge is 0.241 e. The van der Waals surface area contributed by atoms with Crippen LogP contribution in [0.2, 0.25) is 0 Å². The summed E-state index contributed by atoms with van der Waals surface area (Å²) in [5, 5.41) is 2.85. The molecule has 5 nitrogen and oxygen atoms in total. The first-order valence-corrected chi connectivity index (χ1v) is 8.57. The zero-order valence-electron chi connectivity index (χ0n) is 12.3. The van der Waals surface area contributed by atoms with E-state index in [0.29, 0.717) is 17.7 Å². The highest BCUT2D eigenvalue weighted by Crippen LogP contribution is 2.29. The summed E-state index contributed by atoms with van der Waals surface area (Å²) in [6.07, 6.45) is 4.57. The van der Waals surface area contributed by atoms with Gasteiger partial charge in [0.25, 0.3) is 0 Å². The topological polar surface area (TPSA) is 71.1 Å². The monoisotopic (exact) mass is 297 g/mol. The lowest BCUT2D eigenvalue weighted by Crippen LogP contribution is -2.42. The van der Waals surface area contributed by atoms with E-state index in [4.69, 9.17) is 0 Å². The Morgan fingerprint density at radius 3 is 2.70 bits per heavy atom. The maximum Gasteiger partial charge on any atom is 0.241 e. The minimum absolute atomic E-state index is 0.0300. The van der Waals surface area contributed by atoms with E-state index in [0.717, 1.165) is 19.3 Å². The van der Waals surface area contributed by atoms with Crippen LogP contribution in [-0.2, 0) is 10.0 Å². The molecule has 1 aliphatic carbocycles. The van der Waals surface area contributed by atoms with E-state index < -0.39 is 10.0 Å². The second-order valence-corrected chi connectivity index (χ2v) is 7.46. The van der Waals surface area contributed by atoms with E-state index >= 15 is 0 Å². The molecule has 1 aromatic heterocycles. The molecular formula is C14H23N3O2S. The van der Waals surface area contributed by atoms with Crippen molar-refractivity contribution >= 4 is 15.8 Å². The summed E-state index contributed by atoms with van der Waals surface area (Å²) in [4.78, 5) is 4.31. The molecule has 0 amide bonds. The average molecular weight is 297 g/mol. The molecule has 2 rings (SSSR count). The summed E-state index contributed by atoms with van der Waals surface area (Å²) >= 11 is 0. The van der Waals surface area contributed by atoms with Gasteiger partial charge in [0.1, 0.15) is 5.82 Å². The fourth-order valence-corrected chi connectivity index (χ4v) is 4.21. The Kier molecular flexibility index (Phi) is 4.65. The summed E-state index contributed by atoms with van der Waals surface area (Å²) in [7, 11) is -1.75. The van der Waals surface area contributed by atoms with Crippen LogP contribution in [0.15, 0.2) is 23.2 Å². The zero-order valence-corrected chi connectivity index (χ0v) is 13.1. The van der Waals surface area contributed by atoms with Gasteiger partial charge in [-0.2, -0.15) is 0 Å². The van der Waals surface area contributed by atoms with Crippen molar-refractivity contribution in [1.29, 1.82) is 0 Å². The molecule has 3 unspecified atom stereocenters. The Hall–Kier alpha value is -1.14. The van der Waals surface area contributed by atoms with Crippen LogP contribution in [0.4, 0.5) is 5.82 Å². The molecular weight excluding hydrogens is 274 g/mol. The highest BCUT2D eigenvalue weighted by Gasteiger charge is 2.29. The molecule has 1 aromatic rings. The second kappa shape index (κ2) is 6.10. The molecule has 0 aliphatic heterocycles. The first-order valence-electron chi connectivity index (χ1n) is 7.08. The van der Waals surface area contributed by atoms with Crippen molar-refractivity contribution in [2.24, 2.45) is 11.8 Å².